The Hall–Kier alpha value is -1.34. The van der Waals surface area contributed by atoms with Crippen molar-refractivity contribution in [3.05, 3.63) is 97.7 Å². The summed E-state index contributed by atoms with van der Waals surface area (Å²) in [5.74, 6) is 0. The third kappa shape index (κ3) is 16.7. The van der Waals surface area contributed by atoms with E-state index in [4.69, 9.17) is 0 Å². The van der Waals surface area contributed by atoms with E-state index in [1.165, 1.54) is 5.57 Å². The van der Waals surface area contributed by atoms with Crippen LogP contribution in [0.2, 0.25) is 0 Å². The van der Waals surface area contributed by atoms with Crippen LogP contribution >= 0.6 is 0 Å². The summed E-state index contributed by atoms with van der Waals surface area (Å²) < 4.78 is 0. The molecule has 2 aliphatic rings. The van der Waals surface area contributed by atoms with E-state index in [-0.39, 0.29) is 22.4 Å². The van der Waals surface area contributed by atoms with Crippen LogP contribution in [0.1, 0.15) is 13.3 Å². The molecule has 1 radical (unpaired) electrons. The van der Waals surface area contributed by atoms with Gasteiger partial charge in [0.1, 0.15) is 0 Å². The zero-order valence-corrected chi connectivity index (χ0v) is 13.7. The summed E-state index contributed by atoms with van der Waals surface area (Å²) in [6.45, 7) is 8.78. The smallest absolute Gasteiger partial charge is 0 e. The number of hydrogen-bond acceptors (Lipinski definition) is 0. The molecule has 0 aromatic carbocycles. The molecule has 0 N–H and O–H groups in total. The Bertz CT molecular complexity index is 337. The molecule has 19 heavy (non-hydrogen) atoms. The zero-order chi connectivity index (χ0) is 13.5. The van der Waals surface area contributed by atoms with Crippen LogP contribution in [0.4, 0.5) is 0 Å². The Balaban J connectivity index is 0. The third-order valence-corrected chi connectivity index (χ3v) is 1.92. The maximum absolute atomic E-state index is 3.36. The molecule has 0 aliphatic heterocycles. The van der Waals surface area contributed by atoms with Gasteiger partial charge in [0.05, 0.1) is 0 Å². The Morgan fingerprint density at radius 1 is 0.895 bits per heavy atom. The van der Waals surface area contributed by atoms with Crippen molar-refractivity contribution in [2.24, 2.45) is 0 Å². The Morgan fingerprint density at radius 3 is 1.37 bits per heavy atom. The summed E-state index contributed by atoms with van der Waals surface area (Å²) >= 11 is 0. The second-order valence-corrected chi connectivity index (χ2v) is 3.48. The van der Waals surface area contributed by atoms with E-state index >= 15 is 0 Å². The van der Waals surface area contributed by atoms with Crippen LogP contribution in [0.5, 0.6) is 0 Å². The average molecular weight is 330 g/mol. The van der Waals surface area contributed by atoms with E-state index in [2.05, 4.69) is 38.3 Å². The monoisotopic (exact) mass is 330 g/mol. The molecule has 0 amide bonds. The molecule has 0 bridgehead atoms. The fraction of sp³-hybridized carbons (Fsp3) is 0.111. The zero-order valence-electron chi connectivity index (χ0n) is 11.5. The van der Waals surface area contributed by atoms with Crippen molar-refractivity contribution in [2.45, 2.75) is 13.3 Å². The van der Waals surface area contributed by atoms with Gasteiger partial charge in [0.15, 0.2) is 0 Å². The molecule has 0 saturated carbocycles. The van der Waals surface area contributed by atoms with Crippen molar-refractivity contribution in [1.29, 1.82) is 0 Å². The molecule has 0 saturated heterocycles. The van der Waals surface area contributed by atoms with Crippen LogP contribution in [0, 0.1) is 6.08 Å². The van der Waals surface area contributed by atoms with E-state index in [0.29, 0.717) is 0 Å². The summed E-state index contributed by atoms with van der Waals surface area (Å²) in [4.78, 5) is 0. The van der Waals surface area contributed by atoms with Crippen molar-refractivity contribution in [3.63, 3.8) is 0 Å². The molecule has 0 aromatic rings. The molecule has 0 nitrogen and oxygen atoms in total. The average Bonchev–Trinajstić information content (AvgIpc) is 2.80. The van der Waals surface area contributed by atoms with Crippen LogP contribution in [-0.4, -0.2) is 0 Å². The fourth-order valence-corrected chi connectivity index (χ4v) is 1.03. The first-order valence-electron chi connectivity index (χ1n) is 5.95. The molecular formula is C18H21Nb-. The molecule has 0 spiro atoms. The van der Waals surface area contributed by atoms with Crippen molar-refractivity contribution in [3.8, 4) is 0 Å². The molecule has 0 unspecified atom stereocenters. The molecule has 0 heterocycles. The molecule has 2 aliphatic carbocycles. The van der Waals surface area contributed by atoms with Crippen LogP contribution in [0.3, 0.4) is 0 Å². The summed E-state index contributed by atoms with van der Waals surface area (Å²) in [5.41, 5.74) is 1.27. The summed E-state index contributed by atoms with van der Waals surface area (Å²) in [5, 5.41) is 0. The molecule has 1 heteroatoms. The molecule has 2 rings (SSSR count). The van der Waals surface area contributed by atoms with Crippen molar-refractivity contribution in [1.82, 2.24) is 0 Å². The van der Waals surface area contributed by atoms with Crippen LogP contribution in [-0.2, 0) is 22.4 Å². The molecule has 99 valence electrons. The van der Waals surface area contributed by atoms with Gasteiger partial charge in [-0.05, 0) is 0 Å². The van der Waals surface area contributed by atoms with Gasteiger partial charge in [0.25, 0.3) is 0 Å². The van der Waals surface area contributed by atoms with Crippen molar-refractivity contribution < 1.29 is 22.4 Å². The standard InChI is InChI=1S/C8H8.C6H7.C4H6.Nb/c1-2-4-6-8-7-5-3-1;1-6-4-2-3-5-6;1-3-4-2;/h1-8H;2,4H,3H2,1H3;3-4H,1-2H2;/q;-1;;/b2-1-,3-1?,4-2?,5-3-,6-4-,7-5?,8-6?,8-7-;;;. The number of hydrogen-bond donors (Lipinski definition) is 0. The summed E-state index contributed by atoms with van der Waals surface area (Å²) in [6, 6.07) is 0. The maximum Gasteiger partial charge on any atom is 0 e. The van der Waals surface area contributed by atoms with E-state index in [9.17, 15) is 0 Å². The minimum absolute atomic E-state index is 0. The largest absolute Gasteiger partial charge is 0.270 e. The Morgan fingerprint density at radius 2 is 1.26 bits per heavy atom. The third-order valence-electron chi connectivity index (χ3n) is 1.92. The van der Waals surface area contributed by atoms with Gasteiger partial charge < -0.3 is 0 Å². The van der Waals surface area contributed by atoms with Gasteiger partial charge in [-0.15, -0.1) is 6.42 Å². The fourth-order valence-electron chi connectivity index (χ4n) is 1.03. The van der Waals surface area contributed by atoms with Gasteiger partial charge in [-0.3, -0.25) is 6.08 Å². The minimum Gasteiger partial charge on any atom is -0.270 e. The van der Waals surface area contributed by atoms with Gasteiger partial charge in [0.2, 0.25) is 0 Å². The number of rotatable bonds is 1. The second kappa shape index (κ2) is 16.7. The van der Waals surface area contributed by atoms with E-state index in [1.807, 2.05) is 48.6 Å². The van der Waals surface area contributed by atoms with Crippen LogP contribution in [0.15, 0.2) is 91.6 Å². The Labute approximate surface area is 133 Å². The van der Waals surface area contributed by atoms with Crippen LogP contribution < -0.4 is 0 Å². The van der Waals surface area contributed by atoms with Crippen LogP contribution in [0.25, 0.3) is 0 Å². The second-order valence-electron chi connectivity index (χ2n) is 3.48. The van der Waals surface area contributed by atoms with E-state index in [1.54, 1.807) is 12.2 Å². The minimum atomic E-state index is 0. The molecule has 0 fully saturated rings. The predicted molar refractivity (Wildman–Crippen MR) is 83.1 cm³/mol. The quantitative estimate of drug-likeness (QED) is 0.349. The SMILES string of the molecule is C1=C\C=C/C=C\C=C/1.C=CC=C.CC1=[C-]CC=C1.[Nb]. The normalized spacial score (nSPS) is 20.4. The van der Waals surface area contributed by atoms with E-state index in [0.717, 1.165) is 6.42 Å². The van der Waals surface area contributed by atoms with E-state index < -0.39 is 0 Å². The first kappa shape index (κ1) is 20.0. The van der Waals surface area contributed by atoms with Crippen molar-refractivity contribution in [2.75, 3.05) is 0 Å². The molecular weight excluding hydrogens is 309 g/mol. The first-order chi connectivity index (χ1) is 8.81. The number of allylic oxidation sites excluding steroid dienone is 14. The first-order valence-corrected chi connectivity index (χ1v) is 5.95. The summed E-state index contributed by atoms with van der Waals surface area (Å²) in [7, 11) is 0. The molecule has 0 aromatic heterocycles. The van der Waals surface area contributed by atoms with Crippen molar-refractivity contribution >= 4 is 0 Å². The summed E-state index contributed by atoms with van der Waals surface area (Å²) in [6.07, 6.45) is 27.6. The van der Waals surface area contributed by atoms with Gasteiger partial charge in [-0.2, -0.15) is 6.08 Å². The topological polar surface area (TPSA) is 0 Å². The predicted octanol–water partition coefficient (Wildman–Crippen LogP) is 5.28. The Kier molecular flexibility index (Phi) is 17.5. The molecule has 0 atom stereocenters. The van der Waals surface area contributed by atoms with Gasteiger partial charge >= 0.3 is 0 Å². The van der Waals surface area contributed by atoms with Gasteiger partial charge in [-0.1, -0.05) is 80.8 Å². The maximum atomic E-state index is 3.36. The van der Waals surface area contributed by atoms with Gasteiger partial charge in [-0.25, -0.2) is 11.6 Å². The van der Waals surface area contributed by atoms with Gasteiger partial charge in [0, 0.05) is 22.4 Å².